The summed E-state index contributed by atoms with van der Waals surface area (Å²) in [7, 11) is 0. The van der Waals surface area contributed by atoms with Crippen LogP contribution >= 0.6 is 0 Å². The molecular weight excluding hydrogens is 576 g/mol. The minimum absolute atomic E-state index is 0.0512. The number of amides is 2. The number of benzene rings is 3. The molecule has 0 aromatic heterocycles. The number of aliphatic hydroxyl groups is 1. The molecule has 2 amide bonds. The van der Waals surface area contributed by atoms with Crippen molar-refractivity contribution in [3.05, 3.63) is 113 Å². The highest BCUT2D eigenvalue weighted by Crippen LogP contribution is 2.50. The van der Waals surface area contributed by atoms with E-state index in [0.29, 0.717) is 25.9 Å². The molecule has 3 saturated heterocycles. The van der Waals surface area contributed by atoms with Crippen molar-refractivity contribution in [3.63, 3.8) is 0 Å². The molecule has 0 unspecified atom stereocenters. The normalized spacial score (nSPS) is 25.7. The molecule has 3 aromatic carbocycles. The second kappa shape index (κ2) is 13.4. The molecular formula is C39H42N2O5. The van der Waals surface area contributed by atoms with Crippen molar-refractivity contribution in [1.29, 1.82) is 0 Å². The standard InChI is InChI=1S/C39H42N2O5/c42-24-30-22-32-37(39(45)41(38(32)44)31-17-19-40(20-18-31)23-26-9-3-1-4-10-26)33-25-46-35(36(30)33)16-15-28(27-11-5-2-6-12-27)21-29-13-7-8-14-34(29)43/h1-14,21,31-33,35,37,42-43H,15-20,22-25H2/b28-21-/t32-,33+,35-,37-/m1/s1. The van der Waals surface area contributed by atoms with E-state index in [9.17, 15) is 19.8 Å². The first kappa shape index (κ1) is 30.6. The molecule has 3 fully saturated rings. The number of carbonyl (C=O) groups excluding carboxylic acids is 2. The number of aliphatic hydroxyl groups excluding tert-OH is 1. The molecule has 4 aliphatic rings. The Balaban J connectivity index is 1.06. The second-order valence-electron chi connectivity index (χ2n) is 13.2. The average Bonchev–Trinajstić information content (AvgIpc) is 3.62. The number of hydrogen-bond donors (Lipinski definition) is 2. The minimum Gasteiger partial charge on any atom is -0.507 e. The summed E-state index contributed by atoms with van der Waals surface area (Å²) in [4.78, 5) is 31.9. The van der Waals surface area contributed by atoms with Crippen molar-refractivity contribution in [3.8, 4) is 5.75 Å². The number of likely N-dealkylation sites (tertiary alicyclic amines) is 2. The maximum absolute atomic E-state index is 14.1. The first-order valence-corrected chi connectivity index (χ1v) is 16.6. The molecule has 0 saturated carbocycles. The van der Waals surface area contributed by atoms with Crippen molar-refractivity contribution in [1.82, 2.24) is 9.80 Å². The Morgan fingerprint density at radius 2 is 1.57 bits per heavy atom. The van der Waals surface area contributed by atoms with E-state index < -0.39 is 11.8 Å². The summed E-state index contributed by atoms with van der Waals surface area (Å²) in [6, 6.07) is 27.8. The van der Waals surface area contributed by atoms with Crippen LogP contribution < -0.4 is 0 Å². The first-order chi connectivity index (χ1) is 22.5. The number of ether oxygens (including phenoxy) is 1. The fraction of sp³-hybridized carbons (Fsp3) is 0.385. The minimum atomic E-state index is -0.422. The highest BCUT2D eigenvalue weighted by atomic mass is 16.5. The molecule has 46 heavy (non-hydrogen) atoms. The lowest BCUT2D eigenvalue weighted by Crippen LogP contribution is -2.47. The van der Waals surface area contributed by atoms with Crippen LogP contribution in [0.25, 0.3) is 11.6 Å². The van der Waals surface area contributed by atoms with E-state index in [4.69, 9.17) is 4.74 Å². The number of carbonyl (C=O) groups is 2. The zero-order valence-corrected chi connectivity index (χ0v) is 26.1. The monoisotopic (exact) mass is 618 g/mol. The Kier molecular flexibility index (Phi) is 8.89. The lowest BCUT2D eigenvalue weighted by molar-refractivity contribution is -0.144. The summed E-state index contributed by atoms with van der Waals surface area (Å²) in [6.07, 6.45) is 5.14. The number of hydrogen-bond acceptors (Lipinski definition) is 6. The van der Waals surface area contributed by atoms with E-state index in [1.807, 2.05) is 48.5 Å². The first-order valence-electron chi connectivity index (χ1n) is 16.6. The van der Waals surface area contributed by atoms with Gasteiger partial charge >= 0.3 is 0 Å². The molecule has 0 radical (unpaired) electrons. The number of imide groups is 1. The Labute approximate surface area is 270 Å². The summed E-state index contributed by atoms with van der Waals surface area (Å²) >= 11 is 0. The molecule has 7 nitrogen and oxygen atoms in total. The summed E-state index contributed by atoms with van der Waals surface area (Å²) < 4.78 is 6.40. The van der Waals surface area contributed by atoms with E-state index in [1.165, 1.54) is 5.56 Å². The Morgan fingerprint density at radius 3 is 2.28 bits per heavy atom. The van der Waals surface area contributed by atoms with Gasteiger partial charge in [0.15, 0.2) is 0 Å². The van der Waals surface area contributed by atoms with E-state index in [0.717, 1.165) is 60.3 Å². The fourth-order valence-corrected chi connectivity index (χ4v) is 8.22. The second-order valence-corrected chi connectivity index (χ2v) is 13.2. The molecule has 238 valence electrons. The van der Waals surface area contributed by atoms with Crippen molar-refractivity contribution in [2.45, 2.75) is 50.8 Å². The third-order valence-electron chi connectivity index (χ3n) is 10.5. The maximum atomic E-state index is 14.1. The van der Waals surface area contributed by atoms with Crippen LogP contribution in [0.4, 0.5) is 0 Å². The largest absolute Gasteiger partial charge is 0.507 e. The summed E-state index contributed by atoms with van der Waals surface area (Å²) in [5.41, 5.74) is 6.06. The van der Waals surface area contributed by atoms with Crippen molar-refractivity contribution in [2.75, 3.05) is 26.3 Å². The predicted octanol–water partition coefficient (Wildman–Crippen LogP) is 5.69. The Morgan fingerprint density at radius 1 is 0.870 bits per heavy atom. The number of para-hydroxylation sites is 1. The van der Waals surface area contributed by atoms with Crippen LogP contribution in [-0.2, 0) is 20.9 Å². The van der Waals surface area contributed by atoms with Gasteiger partial charge < -0.3 is 14.9 Å². The maximum Gasteiger partial charge on any atom is 0.234 e. The van der Waals surface area contributed by atoms with Gasteiger partial charge in [-0.25, -0.2) is 0 Å². The third-order valence-corrected chi connectivity index (χ3v) is 10.5. The van der Waals surface area contributed by atoms with E-state index in [2.05, 4.69) is 41.3 Å². The average molecular weight is 619 g/mol. The molecule has 3 aliphatic heterocycles. The van der Waals surface area contributed by atoms with Gasteiger partial charge in [0.05, 0.1) is 31.2 Å². The van der Waals surface area contributed by atoms with Gasteiger partial charge in [-0.1, -0.05) is 78.9 Å². The van der Waals surface area contributed by atoms with Gasteiger partial charge in [-0.2, -0.15) is 0 Å². The highest BCUT2D eigenvalue weighted by molar-refractivity contribution is 6.06. The molecule has 2 N–H and O–H groups in total. The van der Waals surface area contributed by atoms with Crippen LogP contribution in [0.5, 0.6) is 5.75 Å². The lowest BCUT2D eigenvalue weighted by Gasteiger charge is -2.36. The number of fused-ring (bicyclic) bond motifs is 3. The number of piperidine rings is 1. The summed E-state index contributed by atoms with van der Waals surface area (Å²) in [5.74, 6) is -0.920. The predicted molar refractivity (Wildman–Crippen MR) is 177 cm³/mol. The van der Waals surface area contributed by atoms with Crippen LogP contribution in [-0.4, -0.2) is 70.3 Å². The van der Waals surface area contributed by atoms with Gasteiger partial charge in [-0.3, -0.25) is 19.4 Å². The van der Waals surface area contributed by atoms with Gasteiger partial charge in [0.1, 0.15) is 5.75 Å². The number of phenols is 1. The quantitative estimate of drug-likeness (QED) is 0.182. The van der Waals surface area contributed by atoms with Gasteiger partial charge in [0.25, 0.3) is 0 Å². The molecule has 3 heterocycles. The zero-order valence-electron chi connectivity index (χ0n) is 26.1. The Bertz CT molecular complexity index is 1630. The van der Waals surface area contributed by atoms with E-state index in [1.54, 1.807) is 11.0 Å². The summed E-state index contributed by atoms with van der Waals surface area (Å²) in [6.45, 7) is 2.83. The van der Waals surface area contributed by atoms with Crippen LogP contribution in [0.3, 0.4) is 0 Å². The SMILES string of the molecule is O=C1[C@@H]2[C@@H](CC(CO)=C3[C@@H](CC/C(=C/c4ccccc4O)c4ccccc4)OC[C@@H]32)C(=O)N1C1CCN(Cc2ccccc2)CC1. The number of allylic oxidation sites excluding steroid dienone is 1. The molecule has 3 aromatic rings. The van der Waals surface area contributed by atoms with Gasteiger partial charge in [-0.05, 0) is 72.1 Å². The van der Waals surface area contributed by atoms with Gasteiger partial charge in [0, 0.05) is 37.2 Å². The van der Waals surface area contributed by atoms with Gasteiger partial charge in [-0.15, -0.1) is 0 Å². The smallest absolute Gasteiger partial charge is 0.234 e. The van der Waals surface area contributed by atoms with Crippen LogP contribution in [0.2, 0.25) is 0 Å². The van der Waals surface area contributed by atoms with E-state index in [-0.39, 0.29) is 42.2 Å². The molecule has 4 atom stereocenters. The number of rotatable bonds is 9. The molecule has 1 aliphatic carbocycles. The zero-order chi connectivity index (χ0) is 31.6. The van der Waals surface area contributed by atoms with Crippen molar-refractivity contribution >= 4 is 23.5 Å². The van der Waals surface area contributed by atoms with Gasteiger partial charge in [0.2, 0.25) is 11.8 Å². The number of aromatic hydroxyl groups is 1. The fourth-order valence-electron chi connectivity index (χ4n) is 8.22. The number of nitrogens with zero attached hydrogens (tertiary/aromatic N) is 2. The van der Waals surface area contributed by atoms with E-state index >= 15 is 0 Å². The molecule has 7 rings (SSSR count). The van der Waals surface area contributed by atoms with Crippen LogP contribution in [0.1, 0.15) is 48.8 Å². The molecule has 0 spiro atoms. The van der Waals surface area contributed by atoms with Crippen molar-refractivity contribution in [2.24, 2.45) is 17.8 Å². The summed E-state index contributed by atoms with van der Waals surface area (Å²) in [5, 5.41) is 21.0. The Hall–Kier alpha value is -4.04. The van der Waals surface area contributed by atoms with Crippen LogP contribution in [0.15, 0.2) is 96.1 Å². The van der Waals surface area contributed by atoms with Crippen molar-refractivity contribution < 1.29 is 24.5 Å². The lowest BCUT2D eigenvalue weighted by atomic mass is 9.69. The van der Waals surface area contributed by atoms with Crippen LogP contribution in [0, 0.1) is 17.8 Å². The molecule has 0 bridgehead atoms. The molecule has 7 heteroatoms. The highest BCUT2D eigenvalue weighted by Gasteiger charge is 2.58. The topological polar surface area (TPSA) is 90.3 Å². The third kappa shape index (κ3) is 5.95. The number of phenolic OH excluding ortho intramolecular Hbond substituents is 1.